The zero-order valence-electron chi connectivity index (χ0n) is 30.1. The van der Waals surface area contributed by atoms with Gasteiger partial charge in [-0.05, 0) is 62.3 Å². The monoisotopic (exact) mass is 689 g/mol. The molecule has 2 aliphatic carbocycles. The number of nitro benzene ring substituents is 1. The van der Waals surface area contributed by atoms with Crippen LogP contribution in [0.4, 0.5) is 5.69 Å². The van der Waals surface area contributed by atoms with Gasteiger partial charge in [0.05, 0.1) is 31.4 Å². The first-order valence-corrected chi connectivity index (χ1v) is 19.8. The van der Waals surface area contributed by atoms with Gasteiger partial charge in [-0.25, -0.2) is 0 Å². The summed E-state index contributed by atoms with van der Waals surface area (Å²) < 4.78 is 20.4. The first-order chi connectivity index (χ1) is 24.0. The lowest BCUT2D eigenvalue weighted by molar-refractivity contribution is -0.384. The third kappa shape index (κ3) is 7.42. The van der Waals surface area contributed by atoms with Crippen molar-refractivity contribution in [2.45, 2.75) is 59.3 Å². The van der Waals surface area contributed by atoms with Crippen LogP contribution in [0.1, 0.15) is 52.2 Å². The number of non-ortho nitro benzene ring substituents is 1. The fraction of sp³-hybridized carbons (Fsp3) is 0.395. The quantitative estimate of drug-likeness (QED) is 0.0509. The normalized spacial score (nSPS) is 21.5. The molecule has 0 heterocycles. The number of allylic oxidation sites excluding steroid dienone is 1. The second kappa shape index (κ2) is 14.8. The van der Waals surface area contributed by atoms with E-state index < -0.39 is 8.32 Å². The lowest BCUT2D eigenvalue weighted by Gasteiger charge is -2.43. The number of rotatable bonds is 16. The Hall–Kier alpha value is -3.88. The molecule has 4 atom stereocenters. The molecule has 0 spiro atoms. The second-order valence-electron chi connectivity index (χ2n) is 15.8. The van der Waals surface area contributed by atoms with Crippen LogP contribution in [0.15, 0.2) is 127 Å². The van der Waals surface area contributed by atoms with E-state index in [-0.39, 0.29) is 32.4 Å². The molecule has 7 heteroatoms. The average molecular weight is 690 g/mol. The number of fused-ring (bicyclic) bond motifs is 1. The van der Waals surface area contributed by atoms with Gasteiger partial charge in [0.1, 0.15) is 0 Å². The molecule has 1 saturated carbocycles. The number of hydrogen-bond donors (Lipinski definition) is 0. The average Bonchev–Trinajstić information content (AvgIpc) is 3.65. The second-order valence-corrected chi connectivity index (χ2v) is 20.2. The largest absolute Gasteiger partial charge is 0.407 e. The lowest BCUT2D eigenvalue weighted by Crippen LogP contribution is -2.67. The van der Waals surface area contributed by atoms with Crippen LogP contribution in [0, 0.1) is 38.7 Å². The Bertz CT molecular complexity index is 1700. The Labute approximate surface area is 298 Å². The van der Waals surface area contributed by atoms with Crippen LogP contribution in [0.5, 0.6) is 0 Å². The van der Waals surface area contributed by atoms with Crippen molar-refractivity contribution in [3.63, 3.8) is 0 Å². The van der Waals surface area contributed by atoms with Crippen molar-refractivity contribution < 1.29 is 18.8 Å². The van der Waals surface area contributed by atoms with Crippen molar-refractivity contribution in [3.8, 4) is 0 Å². The molecular formula is C43H51NO5Si. The highest BCUT2D eigenvalue weighted by atomic mass is 28.4. The molecular weight excluding hydrogens is 639 g/mol. The Morgan fingerprint density at radius 1 is 0.740 bits per heavy atom. The topological polar surface area (TPSA) is 70.8 Å². The lowest BCUT2D eigenvalue weighted by atomic mass is 9.86. The van der Waals surface area contributed by atoms with Gasteiger partial charge in [0.25, 0.3) is 14.0 Å². The predicted molar refractivity (Wildman–Crippen MR) is 203 cm³/mol. The zero-order chi connectivity index (χ0) is 35.4. The van der Waals surface area contributed by atoms with Crippen LogP contribution in [0.3, 0.4) is 0 Å². The summed E-state index contributed by atoms with van der Waals surface area (Å²) in [6.07, 6.45) is 5.75. The van der Waals surface area contributed by atoms with Crippen molar-refractivity contribution in [1.29, 1.82) is 0 Å². The van der Waals surface area contributed by atoms with Gasteiger partial charge in [-0.15, -0.1) is 0 Å². The van der Waals surface area contributed by atoms with E-state index in [1.807, 2.05) is 6.07 Å². The minimum atomic E-state index is -2.73. The molecule has 0 amide bonds. The summed E-state index contributed by atoms with van der Waals surface area (Å²) >= 11 is 0. The smallest absolute Gasteiger partial charge is 0.269 e. The third-order valence-electron chi connectivity index (χ3n) is 11.0. The van der Waals surface area contributed by atoms with Crippen LogP contribution in [-0.2, 0) is 27.1 Å². The molecule has 0 aromatic heterocycles. The first-order valence-electron chi connectivity index (χ1n) is 17.8. The molecule has 2 aliphatic rings. The summed E-state index contributed by atoms with van der Waals surface area (Å²) in [5, 5.41) is 13.6. The van der Waals surface area contributed by atoms with Gasteiger partial charge < -0.3 is 13.9 Å². The fourth-order valence-electron chi connectivity index (χ4n) is 8.58. The maximum Gasteiger partial charge on any atom is 0.269 e. The van der Waals surface area contributed by atoms with E-state index in [4.69, 9.17) is 13.9 Å². The van der Waals surface area contributed by atoms with Crippen LogP contribution in [-0.4, -0.2) is 33.1 Å². The number of nitro groups is 1. The SMILES string of the molecule is CC1(C)C=C[C@@]2(COCc3ccc([N+](=O)[O-])cc3)C(CC(COCc3ccccc3)CO[Si](c3ccccc3)(c3ccccc3)C(C)(C)C)[C@@H]12. The molecule has 0 N–H and O–H groups in total. The van der Waals surface area contributed by atoms with Crippen molar-refractivity contribution in [2.75, 3.05) is 19.8 Å². The molecule has 0 bridgehead atoms. The molecule has 0 aliphatic heterocycles. The Kier molecular flexibility index (Phi) is 10.6. The maximum absolute atomic E-state index is 11.1. The molecule has 50 heavy (non-hydrogen) atoms. The van der Waals surface area contributed by atoms with Gasteiger partial charge in [0, 0.05) is 30.1 Å². The third-order valence-corrected chi connectivity index (χ3v) is 16.0. The number of benzene rings is 4. The first kappa shape index (κ1) is 35.9. The molecule has 1 fully saturated rings. The van der Waals surface area contributed by atoms with Crippen LogP contribution < -0.4 is 10.4 Å². The summed E-state index contributed by atoms with van der Waals surface area (Å²) in [5.41, 5.74) is 2.22. The van der Waals surface area contributed by atoms with E-state index in [1.165, 1.54) is 15.9 Å². The van der Waals surface area contributed by atoms with E-state index in [0.29, 0.717) is 44.9 Å². The number of ether oxygens (including phenoxy) is 2. The van der Waals surface area contributed by atoms with E-state index in [0.717, 1.165) is 12.0 Å². The van der Waals surface area contributed by atoms with Gasteiger partial charge in [-0.1, -0.05) is 138 Å². The maximum atomic E-state index is 11.1. The Morgan fingerprint density at radius 2 is 1.28 bits per heavy atom. The van der Waals surface area contributed by atoms with E-state index in [9.17, 15) is 10.1 Å². The molecule has 0 radical (unpaired) electrons. The van der Waals surface area contributed by atoms with Gasteiger partial charge in [-0.3, -0.25) is 10.1 Å². The summed E-state index contributed by atoms with van der Waals surface area (Å²) in [6, 6.07) is 38.8. The fourth-order valence-corrected chi connectivity index (χ4v) is 13.2. The number of nitrogens with zero attached hydrogens (tertiary/aromatic N) is 1. The summed E-state index contributed by atoms with van der Waals surface area (Å²) in [6.45, 7) is 14.5. The minimum Gasteiger partial charge on any atom is -0.407 e. The van der Waals surface area contributed by atoms with Gasteiger partial charge in [0.15, 0.2) is 0 Å². The van der Waals surface area contributed by atoms with Gasteiger partial charge >= 0.3 is 0 Å². The Balaban J connectivity index is 1.24. The molecule has 4 aromatic carbocycles. The molecule has 6 rings (SSSR count). The van der Waals surface area contributed by atoms with E-state index in [1.54, 1.807) is 24.3 Å². The predicted octanol–water partition coefficient (Wildman–Crippen LogP) is 8.74. The van der Waals surface area contributed by atoms with Crippen LogP contribution in [0.25, 0.3) is 0 Å². The summed E-state index contributed by atoms with van der Waals surface area (Å²) in [4.78, 5) is 10.7. The highest BCUT2D eigenvalue weighted by molar-refractivity contribution is 6.99. The highest BCUT2D eigenvalue weighted by Crippen LogP contribution is 2.73. The van der Waals surface area contributed by atoms with Crippen molar-refractivity contribution >= 4 is 24.4 Å². The summed E-state index contributed by atoms with van der Waals surface area (Å²) in [7, 11) is -2.73. The van der Waals surface area contributed by atoms with E-state index >= 15 is 0 Å². The molecule has 0 saturated heterocycles. The Morgan fingerprint density at radius 3 is 1.84 bits per heavy atom. The van der Waals surface area contributed by atoms with Crippen molar-refractivity contribution in [3.05, 3.63) is 149 Å². The zero-order valence-corrected chi connectivity index (χ0v) is 31.1. The van der Waals surface area contributed by atoms with Crippen molar-refractivity contribution in [2.24, 2.45) is 28.6 Å². The van der Waals surface area contributed by atoms with Crippen LogP contribution >= 0.6 is 0 Å². The van der Waals surface area contributed by atoms with Crippen LogP contribution in [0.2, 0.25) is 5.04 Å². The molecule has 4 aromatic rings. The van der Waals surface area contributed by atoms with Gasteiger partial charge in [0.2, 0.25) is 0 Å². The van der Waals surface area contributed by atoms with Crippen molar-refractivity contribution in [1.82, 2.24) is 0 Å². The molecule has 2 unspecified atom stereocenters. The minimum absolute atomic E-state index is 0.0423. The number of hydrogen-bond acceptors (Lipinski definition) is 5. The standard InChI is InChI=1S/C43H51NO5Si/c1-41(2,3)50(37-17-11-7-12-18-37,38-19-13-8-14-20-38)49-31-35(30-47-28-33-15-9-6-10-16-33)27-39-40-42(4,5)25-26-43(39,40)32-48-29-34-21-23-36(24-22-34)44(45)46/h6-26,35,39-40H,27-32H2,1-5H3/t35?,39?,40-,43+/m0/s1. The molecule has 262 valence electrons. The highest BCUT2D eigenvalue weighted by Gasteiger charge is 2.70. The van der Waals surface area contributed by atoms with E-state index in [2.05, 4.69) is 132 Å². The van der Waals surface area contributed by atoms with Gasteiger partial charge in [-0.2, -0.15) is 0 Å². The summed E-state index contributed by atoms with van der Waals surface area (Å²) in [5.74, 6) is 1.09. The molecule has 6 nitrogen and oxygen atoms in total.